The van der Waals surface area contributed by atoms with Gasteiger partial charge < -0.3 is 0 Å². The van der Waals surface area contributed by atoms with E-state index in [0.717, 1.165) is 0 Å². The van der Waals surface area contributed by atoms with Crippen LogP contribution in [0.3, 0.4) is 0 Å². The van der Waals surface area contributed by atoms with E-state index >= 15 is 0 Å². The second kappa shape index (κ2) is 5.33. The number of carbonyl (C=O) groups excluding carboxylic acids is 1. The van der Waals surface area contributed by atoms with E-state index in [1.807, 2.05) is 0 Å². The van der Waals surface area contributed by atoms with Crippen LogP contribution in [0.15, 0.2) is 4.99 Å². The van der Waals surface area contributed by atoms with Crippen molar-refractivity contribution in [2.24, 2.45) is 4.99 Å². The highest BCUT2D eigenvalue weighted by molar-refractivity contribution is 8.32. The molecule has 0 aliphatic carbocycles. The standard InChI is InChI=1S/C4H5NO3S2/c1-2-5-3(9)10-4(6)8-7/h2,7H,1H3. The molecule has 0 fully saturated rings. The molecule has 0 unspecified atom stereocenters. The quantitative estimate of drug-likeness (QED) is 0.265. The Kier molecular flexibility index (Phi) is 5.09. The Bertz CT molecular complexity index is 168. The van der Waals surface area contributed by atoms with Gasteiger partial charge in [0, 0.05) is 18.0 Å². The Morgan fingerprint density at radius 1 is 1.90 bits per heavy atom. The summed E-state index contributed by atoms with van der Waals surface area (Å²) in [5.74, 6) is 0. The molecule has 0 heterocycles. The maximum Gasteiger partial charge on any atom is 0.407 e. The van der Waals surface area contributed by atoms with Gasteiger partial charge in [-0.2, -0.15) is 5.26 Å². The molecule has 6 heteroatoms. The van der Waals surface area contributed by atoms with Crippen LogP contribution in [-0.4, -0.2) is 21.1 Å². The third kappa shape index (κ3) is 4.42. The van der Waals surface area contributed by atoms with E-state index in [-0.39, 0.29) is 4.32 Å². The lowest BCUT2D eigenvalue weighted by Crippen LogP contribution is -1.95. The number of carbonyl (C=O) groups is 1. The predicted molar refractivity (Wildman–Crippen MR) is 43.5 cm³/mol. The summed E-state index contributed by atoms with van der Waals surface area (Å²) in [6, 6.07) is 0. The normalized spacial score (nSPS) is 9.80. The lowest BCUT2D eigenvalue weighted by Gasteiger charge is -1.90. The van der Waals surface area contributed by atoms with Crippen LogP contribution in [0.2, 0.25) is 0 Å². The molecule has 0 radical (unpaired) electrons. The maximum absolute atomic E-state index is 10.2. The zero-order valence-corrected chi connectivity index (χ0v) is 6.74. The van der Waals surface area contributed by atoms with E-state index in [2.05, 4.69) is 22.1 Å². The van der Waals surface area contributed by atoms with E-state index in [1.165, 1.54) is 6.21 Å². The van der Waals surface area contributed by atoms with Crippen molar-refractivity contribution < 1.29 is 14.9 Å². The molecule has 0 aliphatic rings. The molecule has 0 saturated carbocycles. The first-order valence-corrected chi connectivity index (χ1v) is 3.49. The third-order valence-electron chi connectivity index (χ3n) is 0.480. The van der Waals surface area contributed by atoms with Crippen LogP contribution in [0.25, 0.3) is 0 Å². The van der Waals surface area contributed by atoms with Crippen LogP contribution < -0.4 is 0 Å². The highest BCUT2D eigenvalue weighted by atomic mass is 32.2. The Morgan fingerprint density at radius 3 is 2.90 bits per heavy atom. The Morgan fingerprint density at radius 2 is 2.50 bits per heavy atom. The molecule has 0 aliphatic heterocycles. The van der Waals surface area contributed by atoms with Gasteiger partial charge in [0.25, 0.3) is 0 Å². The van der Waals surface area contributed by atoms with Gasteiger partial charge in [0.15, 0.2) is 4.32 Å². The Balaban J connectivity index is 3.68. The molecule has 1 N–H and O–H groups in total. The second-order valence-electron chi connectivity index (χ2n) is 1.10. The molecule has 0 aromatic rings. The smallest absolute Gasteiger partial charge is 0.288 e. The van der Waals surface area contributed by atoms with Crippen molar-refractivity contribution in [1.29, 1.82) is 0 Å². The minimum absolute atomic E-state index is 0.113. The monoisotopic (exact) mass is 179 g/mol. The molecule has 0 aromatic carbocycles. The molecule has 0 aromatic heterocycles. The van der Waals surface area contributed by atoms with Gasteiger partial charge in [0.05, 0.1) is 0 Å². The lowest BCUT2D eigenvalue weighted by molar-refractivity contribution is -0.166. The molecule has 0 atom stereocenters. The first kappa shape index (κ1) is 9.54. The minimum atomic E-state index is -0.879. The van der Waals surface area contributed by atoms with E-state index < -0.39 is 5.30 Å². The molecule has 0 spiro atoms. The summed E-state index contributed by atoms with van der Waals surface area (Å²) in [4.78, 5) is 17.1. The van der Waals surface area contributed by atoms with E-state index in [9.17, 15) is 4.79 Å². The summed E-state index contributed by atoms with van der Waals surface area (Å²) < 4.78 is 0.113. The lowest BCUT2D eigenvalue weighted by atomic mass is 10.9. The van der Waals surface area contributed by atoms with Crippen LogP contribution >= 0.6 is 24.0 Å². The zero-order chi connectivity index (χ0) is 7.98. The van der Waals surface area contributed by atoms with Crippen molar-refractivity contribution in [2.75, 3.05) is 0 Å². The first-order chi connectivity index (χ1) is 4.70. The van der Waals surface area contributed by atoms with E-state index in [1.54, 1.807) is 6.92 Å². The molecule has 4 nitrogen and oxygen atoms in total. The number of thiocarbonyl (C=S) groups is 1. The number of nitrogens with zero attached hydrogens (tertiary/aromatic N) is 1. The van der Waals surface area contributed by atoms with Crippen LogP contribution in [0, 0.1) is 0 Å². The maximum atomic E-state index is 10.2. The molecule has 0 rings (SSSR count). The number of thioether (sulfide) groups is 1. The summed E-state index contributed by atoms with van der Waals surface area (Å²) in [6.07, 6.45) is 1.44. The molecule has 56 valence electrons. The van der Waals surface area contributed by atoms with Crippen molar-refractivity contribution in [3.8, 4) is 0 Å². The van der Waals surface area contributed by atoms with Gasteiger partial charge >= 0.3 is 5.30 Å². The minimum Gasteiger partial charge on any atom is -0.288 e. The van der Waals surface area contributed by atoms with Gasteiger partial charge in [-0.05, 0) is 19.1 Å². The van der Waals surface area contributed by atoms with Crippen molar-refractivity contribution in [3.63, 3.8) is 0 Å². The summed E-state index contributed by atoms with van der Waals surface area (Å²) in [7, 11) is 0. The van der Waals surface area contributed by atoms with Crippen molar-refractivity contribution >= 4 is 39.8 Å². The first-order valence-electron chi connectivity index (χ1n) is 2.26. The van der Waals surface area contributed by atoms with Crippen molar-refractivity contribution in [3.05, 3.63) is 0 Å². The highest BCUT2D eigenvalue weighted by Gasteiger charge is 2.05. The second-order valence-corrected chi connectivity index (χ2v) is 2.67. The third-order valence-corrected chi connectivity index (χ3v) is 1.36. The molecular weight excluding hydrogens is 174 g/mol. The van der Waals surface area contributed by atoms with Crippen LogP contribution in [0.1, 0.15) is 6.92 Å². The highest BCUT2D eigenvalue weighted by Crippen LogP contribution is 2.07. The Labute approximate surface area is 67.2 Å². The number of hydrogen-bond acceptors (Lipinski definition) is 5. The van der Waals surface area contributed by atoms with Crippen LogP contribution in [0.4, 0.5) is 4.79 Å². The summed E-state index contributed by atoms with van der Waals surface area (Å²) in [6.45, 7) is 1.66. The molecule has 0 amide bonds. The summed E-state index contributed by atoms with van der Waals surface area (Å²) >= 11 is 5.10. The van der Waals surface area contributed by atoms with Gasteiger partial charge in [-0.15, -0.1) is 0 Å². The fourth-order valence-electron chi connectivity index (χ4n) is 0.222. The fraction of sp³-hybridized carbons (Fsp3) is 0.250. The van der Waals surface area contributed by atoms with Gasteiger partial charge in [-0.25, -0.2) is 9.79 Å². The largest absolute Gasteiger partial charge is 0.407 e. The van der Waals surface area contributed by atoms with E-state index in [0.29, 0.717) is 11.8 Å². The fourth-order valence-corrected chi connectivity index (χ4v) is 0.869. The average molecular weight is 179 g/mol. The number of rotatable bonds is 0. The van der Waals surface area contributed by atoms with Crippen LogP contribution in [-0.2, 0) is 4.89 Å². The SMILES string of the molecule is CC=NC(=S)SC(=O)OO. The van der Waals surface area contributed by atoms with Crippen molar-refractivity contribution in [1.82, 2.24) is 0 Å². The topological polar surface area (TPSA) is 58.9 Å². The number of hydrogen-bond donors (Lipinski definition) is 1. The summed E-state index contributed by atoms with van der Waals surface area (Å²) in [5.41, 5.74) is 0. The molecule has 0 bridgehead atoms. The van der Waals surface area contributed by atoms with Gasteiger partial charge in [0.1, 0.15) is 0 Å². The number of aliphatic imine (C=N–C) groups is 1. The summed E-state index contributed by atoms with van der Waals surface area (Å²) in [5, 5.41) is 6.89. The molecular formula is C4H5NO3S2. The Hall–Kier alpha value is -0.460. The molecule has 10 heavy (non-hydrogen) atoms. The van der Waals surface area contributed by atoms with Gasteiger partial charge in [-0.1, -0.05) is 0 Å². The molecule has 0 saturated heterocycles. The van der Waals surface area contributed by atoms with Gasteiger partial charge in [0.2, 0.25) is 0 Å². The zero-order valence-electron chi connectivity index (χ0n) is 5.10. The van der Waals surface area contributed by atoms with Crippen molar-refractivity contribution in [2.45, 2.75) is 6.92 Å². The van der Waals surface area contributed by atoms with Gasteiger partial charge in [-0.3, -0.25) is 4.89 Å². The average Bonchev–Trinajstić information content (AvgIpc) is 1.88. The predicted octanol–water partition coefficient (Wildman–Crippen LogP) is 1.70. The van der Waals surface area contributed by atoms with Crippen LogP contribution in [0.5, 0.6) is 0 Å². The van der Waals surface area contributed by atoms with E-state index in [4.69, 9.17) is 5.26 Å².